The Morgan fingerprint density at radius 2 is 1.79 bits per heavy atom. The monoisotopic (exact) mass is 489 g/mol. The second kappa shape index (κ2) is 8.18. The largest absolute Gasteiger partial charge is 0.302 e. The zero-order valence-corrected chi connectivity index (χ0v) is 18.3. The van der Waals surface area contributed by atoms with Crippen molar-refractivity contribution in [2.45, 2.75) is 17.4 Å². The van der Waals surface area contributed by atoms with Crippen molar-refractivity contribution in [3.05, 3.63) is 93.4 Å². The van der Waals surface area contributed by atoms with Gasteiger partial charge in [-0.05, 0) is 59.7 Å². The predicted octanol–water partition coefficient (Wildman–Crippen LogP) is 5.34. The van der Waals surface area contributed by atoms with Gasteiger partial charge >= 0.3 is 0 Å². The highest BCUT2D eigenvalue weighted by atomic mass is 79.9. The Morgan fingerprint density at radius 1 is 1.03 bits per heavy atom. The summed E-state index contributed by atoms with van der Waals surface area (Å²) in [5.74, 6) is 0. The van der Waals surface area contributed by atoms with Crippen LogP contribution in [0.5, 0.6) is 0 Å². The van der Waals surface area contributed by atoms with Crippen LogP contribution in [-0.4, -0.2) is 14.1 Å². The van der Waals surface area contributed by atoms with E-state index in [1.165, 1.54) is 12.1 Å². The number of rotatable bonds is 5. The highest BCUT2D eigenvalue weighted by Gasteiger charge is 2.22. The summed E-state index contributed by atoms with van der Waals surface area (Å²) in [6, 6.07) is 21.4. The Kier molecular flexibility index (Phi) is 5.63. The molecule has 0 saturated carbocycles. The molecule has 1 atom stereocenters. The Hall–Kier alpha value is -2.35. The fourth-order valence-electron chi connectivity index (χ4n) is 3.13. The summed E-state index contributed by atoms with van der Waals surface area (Å²) in [4.78, 5) is 0.155. The molecule has 2 N–H and O–H groups in total. The molecule has 4 rings (SSSR count). The van der Waals surface area contributed by atoms with Gasteiger partial charge in [-0.15, -0.1) is 0 Å². The second-order valence-electron chi connectivity index (χ2n) is 6.64. The number of hydrazone groups is 1. The molecule has 29 heavy (non-hydrogen) atoms. The number of benzene rings is 3. The third-order valence-electron chi connectivity index (χ3n) is 4.58. The molecule has 1 aliphatic heterocycles. The predicted molar refractivity (Wildman–Crippen MR) is 120 cm³/mol. The molecule has 0 spiro atoms. The first-order valence-electron chi connectivity index (χ1n) is 8.87. The van der Waals surface area contributed by atoms with E-state index in [1.54, 1.807) is 24.3 Å². The molecular weight excluding hydrogens is 474 g/mol. The molecule has 1 heterocycles. The normalized spacial score (nSPS) is 16.2. The van der Waals surface area contributed by atoms with Gasteiger partial charge in [0.25, 0.3) is 10.0 Å². The van der Waals surface area contributed by atoms with E-state index in [9.17, 15) is 8.42 Å². The van der Waals surface area contributed by atoms with Gasteiger partial charge in [0, 0.05) is 21.6 Å². The maximum Gasteiger partial charge on any atom is 0.261 e. The van der Waals surface area contributed by atoms with Crippen LogP contribution in [0, 0.1) is 0 Å². The maximum atomic E-state index is 12.6. The summed E-state index contributed by atoms with van der Waals surface area (Å²) in [6.45, 7) is 0. The van der Waals surface area contributed by atoms with Gasteiger partial charge in [-0.25, -0.2) is 8.42 Å². The molecule has 0 amide bonds. The summed E-state index contributed by atoms with van der Waals surface area (Å²) < 4.78 is 28.9. The van der Waals surface area contributed by atoms with Gasteiger partial charge in [-0.1, -0.05) is 51.8 Å². The quantitative estimate of drug-likeness (QED) is 0.507. The minimum Gasteiger partial charge on any atom is -0.302 e. The van der Waals surface area contributed by atoms with Gasteiger partial charge in [-0.2, -0.15) is 5.10 Å². The fraction of sp³-hybridized carbons (Fsp3) is 0.0952. The first-order chi connectivity index (χ1) is 13.9. The van der Waals surface area contributed by atoms with E-state index in [0.717, 1.165) is 21.3 Å². The molecule has 5 nitrogen and oxygen atoms in total. The summed E-state index contributed by atoms with van der Waals surface area (Å²) in [6.07, 6.45) is 0.712. The lowest BCUT2D eigenvalue weighted by Gasteiger charge is -2.11. The molecule has 0 radical (unpaired) electrons. The summed E-state index contributed by atoms with van der Waals surface area (Å²) >= 11 is 9.34. The van der Waals surface area contributed by atoms with Gasteiger partial charge in [0.1, 0.15) is 0 Å². The summed E-state index contributed by atoms with van der Waals surface area (Å²) in [7, 11) is -3.70. The minimum absolute atomic E-state index is 0.0805. The molecule has 148 valence electrons. The topological polar surface area (TPSA) is 70.6 Å². The minimum atomic E-state index is -3.70. The van der Waals surface area contributed by atoms with Crippen LogP contribution in [0.4, 0.5) is 5.69 Å². The van der Waals surface area contributed by atoms with Crippen LogP contribution in [0.25, 0.3) is 0 Å². The van der Waals surface area contributed by atoms with Gasteiger partial charge in [0.15, 0.2) is 0 Å². The lowest BCUT2D eigenvalue weighted by molar-refractivity contribution is 0.601. The average molecular weight is 491 g/mol. The zero-order valence-electron chi connectivity index (χ0n) is 15.1. The summed E-state index contributed by atoms with van der Waals surface area (Å²) in [5.41, 5.74) is 6.52. The molecule has 0 aliphatic carbocycles. The van der Waals surface area contributed by atoms with Crippen LogP contribution in [0.1, 0.15) is 23.6 Å². The van der Waals surface area contributed by atoms with Gasteiger partial charge in [0.2, 0.25) is 0 Å². The molecule has 0 aromatic heterocycles. The molecular formula is C21H17BrClN3O2S. The van der Waals surface area contributed by atoms with Gasteiger partial charge < -0.3 is 5.43 Å². The second-order valence-corrected chi connectivity index (χ2v) is 9.67. The van der Waals surface area contributed by atoms with Crippen molar-refractivity contribution in [1.29, 1.82) is 0 Å². The van der Waals surface area contributed by atoms with Crippen LogP contribution >= 0.6 is 27.5 Å². The lowest BCUT2D eigenvalue weighted by atomic mass is 9.99. The molecule has 3 aromatic rings. The van der Waals surface area contributed by atoms with E-state index in [0.29, 0.717) is 17.1 Å². The van der Waals surface area contributed by atoms with Gasteiger partial charge in [-0.3, -0.25) is 4.72 Å². The molecule has 3 aromatic carbocycles. The van der Waals surface area contributed by atoms with Crippen molar-refractivity contribution < 1.29 is 8.42 Å². The standard InChI is InChI=1S/C21H17BrClN3O2S/c22-16-5-1-3-14(11-16)20-13-21(25-24-20)15-4-2-6-18(12-15)26-29(27,28)19-9-7-17(23)8-10-19/h1-12,20,24,26H,13H2. The Labute approximate surface area is 183 Å². The van der Waals surface area contributed by atoms with E-state index in [1.807, 2.05) is 24.3 Å². The molecule has 8 heteroatoms. The average Bonchev–Trinajstić information content (AvgIpc) is 3.19. The van der Waals surface area contributed by atoms with Crippen LogP contribution in [-0.2, 0) is 10.0 Å². The Balaban J connectivity index is 1.51. The van der Waals surface area contributed by atoms with Crippen LogP contribution in [0.3, 0.4) is 0 Å². The number of halogens is 2. The zero-order chi connectivity index (χ0) is 20.4. The SMILES string of the molecule is O=S(=O)(Nc1cccc(C2=NNC(c3cccc(Br)c3)C2)c1)c1ccc(Cl)cc1. The highest BCUT2D eigenvalue weighted by Crippen LogP contribution is 2.27. The number of sulfonamides is 1. The van der Waals surface area contributed by atoms with Crippen molar-refractivity contribution >= 4 is 49.0 Å². The van der Waals surface area contributed by atoms with Crippen molar-refractivity contribution in [2.75, 3.05) is 4.72 Å². The number of hydrogen-bond donors (Lipinski definition) is 2. The first-order valence-corrected chi connectivity index (χ1v) is 11.5. The van der Waals surface area contributed by atoms with E-state index in [4.69, 9.17) is 11.6 Å². The van der Waals surface area contributed by atoms with E-state index >= 15 is 0 Å². The van der Waals surface area contributed by atoms with Crippen molar-refractivity contribution in [3.63, 3.8) is 0 Å². The maximum absolute atomic E-state index is 12.6. The molecule has 0 bridgehead atoms. The number of nitrogens with zero attached hydrogens (tertiary/aromatic N) is 1. The molecule has 0 fully saturated rings. The van der Waals surface area contributed by atoms with Crippen molar-refractivity contribution in [2.24, 2.45) is 5.10 Å². The van der Waals surface area contributed by atoms with Crippen LogP contribution in [0.15, 0.2) is 87.3 Å². The Bertz CT molecular complexity index is 1180. The number of hydrogen-bond acceptors (Lipinski definition) is 4. The third kappa shape index (κ3) is 4.63. The molecule has 1 aliphatic rings. The highest BCUT2D eigenvalue weighted by molar-refractivity contribution is 9.10. The van der Waals surface area contributed by atoms with Gasteiger partial charge in [0.05, 0.1) is 16.6 Å². The van der Waals surface area contributed by atoms with Crippen LogP contribution < -0.4 is 10.1 Å². The van der Waals surface area contributed by atoms with E-state index in [2.05, 4.69) is 43.3 Å². The fourth-order valence-corrected chi connectivity index (χ4v) is 4.72. The van der Waals surface area contributed by atoms with Crippen molar-refractivity contribution in [1.82, 2.24) is 5.43 Å². The van der Waals surface area contributed by atoms with E-state index in [-0.39, 0.29) is 10.9 Å². The number of anilines is 1. The Morgan fingerprint density at radius 3 is 2.55 bits per heavy atom. The van der Waals surface area contributed by atoms with Crippen molar-refractivity contribution in [3.8, 4) is 0 Å². The van der Waals surface area contributed by atoms with Crippen LogP contribution in [0.2, 0.25) is 5.02 Å². The molecule has 0 saturated heterocycles. The first kappa shape index (κ1) is 19.9. The number of nitrogens with one attached hydrogen (secondary N) is 2. The third-order valence-corrected chi connectivity index (χ3v) is 6.72. The molecule has 1 unspecified atom stereocenters. The van der Waals surface area contributed by atoms with E-state index < -0.39 is 10.0 Å². The lowest BCUT2D eigenvalue weighted by Crippen LogP contribution is -2.13. The summed E-state index contributed by atoms with van der Waals surface area (Å²) in [5, 5.41) is 4.94. The smallest absolute Gasteiger partial charge is 0.261 e.